The summed E-state index contributed by atoms with van der Waals surface area (Å²) >= 11 is 0. The molecule has 7 nitrogen and oxygen atoms in total. The number of nitrogens with zero attached hydrogens (tertiary/aromatic N) is 2. The summed E-state index contributed by atoms with van der Waals surface area (Å²) in [5.41, 5.74) is 0.605. The second-order valence-electron chi connectivity index (χ2n) is 8.05. The Hall–Kier alpha value is -3.35. The predicted octanol–water partition coefficient (Wildman–Crippen LogP) is 7.64. The van der Waals surface area contributed by atoms with E-state index in [1.807, 2.05) is 12.1 Å². The average molecular weight is 437 g/mol. The average Bonchev–Trinajstić information content (AvgIpc) is 2.80. The van der Waals surface area contributed by atoms with Gasteiger partial charge in [-0.25, -0.2) is 0 Å². The molecule has 0 unspecified atom stereocenters. The maximum absolute atomic E-state index is 12.8. The minimum Gasteiger partial charge on any atom is -0.506 e. The van der Waals surface area contributed by atoms with Gasteiger partial charge in [-0.3, -0.25) is 4.79 Å². The van der Waals surface area contributed by atoms with Crippen LogP contribution in [-0.2, 0) is 6.42 Å². The Balaban J connectivity index is 1.80. The summed E-state index contributed by atoms with van der Waals surface area (Å²) in [7, 11) is 0. The third-order valence-corrected chi connectivity index (χ3v) is 5.68. The number of hydrogen-bond acceptors (Lipinski definition) is 7. The predicted molar refractivity (Wildman–Crippen MR) is 127 cm³/mol. The van der Waals surface area contributed by atoms with Crippen molar-refractivity contribution >= 4 is 22.3 Å². The highest BCUT2D eigenvalue weighted by Gasteiger charge is 2.18. The lowest BCUT2D eigenvalue weighted by Gasteiger charge is -2.08. The Labute approximate surface area is 186 Å². The number of aromatic hydroxyl groups is 1. The van der Waals surface area contributed by atoms with Crippen molar-refractivity contribution in [3.05, 3.63) is 62.0 Å². The number of nitroso groups, excluding NO2 is 2. The van der Waals surface area contributed by atoms with Gasteiger partial charge in [-0.1, -0.05) is 57.9 Å². The number of rotatable bonds is 12. The minimum absolute atomic E-state index is 0.0468. The van der Waals surface area contributed by atoms with Gasteiger partial charge < -0.3 is 9.52 Å². The smallest absolute Gasteiger partial charge is 0.222 e. The Morgan fingerprint density at radius 2 is 1.59 bits per heavy atom. The molecule has 3 aromatic rings. The highest BCUT2D eigenvalue weighted by Crippen LogP contribution is 2.36. The number of fused-ring (bicyclic) bond motifs is 1. The highest BCUT2D eigenvalue weighted by molar-refractivity contribution is 5.85. The van der Waals surface area contributed by atoms with Gasteiger partial charge in [-0.05, 0) is 59.1 Å². The summed E-state index contributed by atoms with van der Waals surface area (Å²) < 4.78 is 5.89. The van der Waals surface area contributed by atoms with Crippen molar-refractivity contribution in [1.29, 1.82) is 0 Å². The van der Waals surface area contributed by atoms with Crippen molar-refractivity contribution in [1.82, 2.24) is 0 Å². The molecule has 0 aliphatic heterocycles. The van der Waals surface area contributed by atoms with Crippen molar-refractivity contribution in [3.63, 3.8) is 0 Å². The summed E-state index contributed by atoms with van der Waals surface area (Å²) in [5.74, 6) is -0.421. The SMILES string of the molecule is CCCCCCCCCCc1ccc2c(=O)c(N=O)c(-c3ccc(N=O)c(O)c3)oc2c1. The van der Waals surface area contributed by atoms with Gasteiger partial charge in [0.15, 0.2) is 11.4 Å². The first-order valence-electron chi connectivity index (χ1n) is 11.2. The fourth-order valence-electron chi connectivity index (χ4n) is 3.87. The zero-order chi connectivity index (χ0) is 22.9. The van der Waals surface area contributed by atoms with Crippen LogP contribution in [0.4, 0.5) is 11.4 Å². The second-order valence-corrected chi connectivity index (χ2v) is 8.05. The van der Waals surface area contributed by atoms with Gasteiger partial charge in [0.05, 0.1) is 5.39 Å². The molecule has 1 aromatic heterocycles. The van der Waals surface area contributed by atoms with Crippen molar-refractivity contribution in [2.24, 2.45) is 10.4 Å². The van der Waals surface area contributed by atoms with Crippen molar-refractivity contribution < 1.29 is 9.52 Å². The second kappa shape index (κ2) is 11.3. The molecular formula is C25H28N2O5. The molecule has 0 atom stereocenters. The lowest BCUT2D eigenvalue weighted by molar-refractivity contribution is 0.476. The monoisotopic (exact) mass is 436 g/mol. The van der Waals surface area contributed by atoms with Crippen LogP contribution in [0.15, 0.2) is 56.0 Å². The fraction of sp³-hybridized carbons (Fsp3) is 0.400. The van der Waals surface area contributed by atoms with E-state index in [1.165, 1.54) is 56.7 Å². The number of aryl methyl sites for hydroxylation is 1. The maximum atomic E-state index is 12.8. The molecule has 0 aliphatic rings. The molecule has 32 heavy (non-hydrogen) atoms. The van der Waals surface area contributed by atoms with Crippen LogP contribution in [0.3, 0.4) is 0 Å². The molecule has 1 heterocycles. The van der Waals surface area contributed by atoms with Gasteiger partial charge >= 0.3 is 0 Å². The van der Waals surface area contributed by atoms with Gasteiger partial charge in [0.1, 0.15) is 17.0 Å². The quantitative estimate of drug-likeness (QED) is 0.232. The molecule has 0 spiro atoms. The topological polar surface area (TPSA) is 109 Å². The van der Waals surface area contributed by atoms with Crippen molar-refractivity contribution in [2.45, 2.75) is 64.7 Å². The van der Waals surface area contributed by atoms with Gasteiger partial charge in [-0.15, -0.1) is 9.81 Å². The third kappa shape index (κ3) is 5.46. The number of benzene rings is 2. The highest BCUT2D eigenvalue weighted by atomic mass is 16.3. The molecule has 1 N–H and O–H groups in total. The van der Waals surface area contributed by atoms with Gasteiger partial charge in [-0.2, -0.15) is 0 Å². The molecule has 0 aliphatic carbocycles. The number of phenolic OH excluding ortho intramolecular Hbond substituents is 1. The summed E-state index contributed by atoms with van der Waals surface area (Å²) in [6, 6.07) is 9.31. The van der Waals surface area contributed by atoms with E-state index in [2.05, 4.69) is 17.3 Å². The molecule has 2 aromatic carbocycles. The largest absolute Gasteiger partial charge is 0.506 e. The van der Waals surface area contributed by atoms with Gasteiger partial charge in [0.25, 0.3) is 0 Å². The molecule has 0 bridgehead atoms. The summed E-state index contributed by atoms with van der Waals surface area (Å²) in [6.07, 6.45) is 10.7. The number of hydrogen-bond donors (Lipinski definition) is 1. The molecule has 0 saturated carbocycles. The Kier molecular flexibility index (Phi) is 8.25. The van der Waals surface area contributed by atoms with Crippen LogP contribution in [0.5, 0.6) is 5.75 Å². The molecule has 168 valence electrons. The minimum atomic E-state index is -0.535. The van der Waals surface area contributed by atoms with Crippen molar-refractivity contribution in [3.8, 4) is 17.1 Å². The summed E-state index contributed by atoms with van der Waals surface area (Å²) in [5, 5.41) is 15.8. The van der Waals surface area contributed by atoms with Crippen molar-refractivity contribution in [2.75, 3.05) is 0 Å². The van der Waals surface area contributed by atoms with Crippen LogP contribution in [-0.4, -0.2) is 5.11 Å². The van der Waals surface area contributed by atoms with E-state index >= 15 is 0 Å². The third-order valence-electron chi connectivity index (χ3n) is 5.68. The molecule has 0 saturated heterocycles. The van der Waals surface area contributed by atoms with E-state index in [0.29, 0.717) is 5.58 Å². The Morgan fingerprint density at radius 3 is 2.25 bits per heavy atom. The lowest BCUT2D eigenvalue weighted by Crippen LogP contribution is -2.03. The first kappa shape index (κ1) is 23.3. The molecule has 0 fully saturated rings. The molecular weight excluding hydrogens is 408 g/mol. The van der Waals surface area contributed by atoms with E-state index in [4.69, 9.17) is 4.42 Å². The summed E-state index contributed by atoms with van der Waals surface area (Å²) in [4.78, 5) is 34.9. The molecule has 0 amide bonds. The zero-order valence-corrected chi connectivity index (χ0v) is 18.3. The molecule has 0 radical (unpaired) electrons. The maximum Gasteiger partial charge on any atom is 0.222 e. The standard InChI is InChI=1S/C25H28N2O5/c1-2-3-4-5-6-7-8-9-10-17-11-13-19-22(15-17)32-25(23(27-31)24(19)29)18-12-14-20(26-30)21(28)16-18/h11-16,28H,2-10H2,1H3. The normalized spacial score (nSPS) is 11.0. The van der Waals surface area contributed by atoms with Crippen LogP contribution in [0, 0.1) is 9.81 Å². The van der Waals surface area contributed by atoms with Gasteiger partial charge in [0, 0.05) is 5.56 Å². The van der Waals surface area contributed by atoms with E-state index < -0.39 is 5.43 Å². The van der Waals surface area contributed by atoms with Gasteiger partial charge in [0.2, 0.25) is 5.43 Å². The zero-order valence-electron chi connectivity index (χ0n) is 18.3. The first-order chi connectivity index (χ1) is 15.6. The lowest BCUT2D eigenvalue weighted by atomic mass is 10.0. The van der Waals surface area contributed by atoms with Crippen LogP contribution < -0.4 is 5.43 Å². The van der Waals surface area contributed by atoms with E-state index in [0.717, 1.165) is 24.8 Å². The van der Waals surface area contributed by atoms with E-state index in [9.17, 15) is 19.7 Å². The van der Waals surface area contributed by atoms with Crippen LogP contribution in [0.1, 0.15) is 63.9 Å². The van der Waals surface area contributed by atoms with Crippen LogP contribution in [0.25, 0.3) is 22.3 Å². The molecule has 3 rings (SSSR count). The Morgan fingerprint density at radius 1 is 0.875 bits per heavy atom. The first-order valence-corrected chi connectivity index (χ1v) is 11.2. The van der Waals surface area contributed by atoms with E-state index in [-0.39, 0.29) is 33.8 Å². The summed E-state index contributed by atoms with van der Waals surface area (Å²) in [6.45, 7) is 2.22. The van der Waals surface area contributed by atoms with Crippen LogP contribution in [0.2, 0.25) is 0 Å². The van der Waals surface area contributed by atoms with E-state index in [1.54, 1.807) is 6.07 Å². The van der Waals surface area contributed by atoms with Crippen LogP contribution >= 0.6 is 0 Å². The fourth-order valence-corrected chi connectivity index (χ4v) is 3.87. The number of unbranched alkanes of at least 4 members (excludes halogenated alkanes) is 7. The molecule has 7 heteroatoms. The Bertz CT molecular complexity index is 1150. The number of phenols is 1.